The van der Waals surface area contributed by atoms with Crippen LogP contribution in [0.25, 0.3) is 0 Å². The van der Waals surface area contributed by atoms with E-state index in [9.17, 15) is 0 Å². The summed E-state index contributed by atoms with van der Waals surface area (Å²) < 4.78 is 9.67. The third-order valence-corrected chi connectivity index (χ3v) is 9.86. The molecule has 1 fully saturated rings. The fraction of sp³-hybridized carbons (Fsp3) is 0.833. The van der Waals surface area contributed by atoms with Crippen molar-refractivity contribution in [1.29, 1.82) is 0 Å². The maximum atomic E-state index is 6.71. The Bertz CT molecular complexity index is 453. The van der Waals surface area contributed by atoms with Crippen LogP contribution in [0.1, 0.15) is 20.3 Å². The minimum Gasteiger partial charge on any atom is -0.357 e. The number of alkyl halides is 4. The van der Waals surface area contributed by atoms with Crippen LogP contribution in [0.5, 0.6) is 0 Å². The Hall–Kier alpha value is 1.62. The molecule has 0 heterocycles. The third-order valence-electron chi connectivity index (χ3n) is 3.75. The molecule has 2 aliphatic carbocycles. The molecule has 2 bridgehead atoms. The van der Waals surface area contributed by atoms with Crippen LogP contribution in [-0.4, -0.2) is 42.7 Å². The molecule has 2 nitrogen and oxygen atoms in total. The van der Waals surface area contributed by atoms with Crippen LogP contribution in [0.3, 0.4) is 0 Å². The molecule has 2 aliphatic rings. The molecule has 0 aromatic carbocycles. The van der Waals surface area contributed by atoms with Gasteiger partial charge in [0.05, 0.1) is 10.1 Å². The fourth-order valence-electron chi connectivity index (χ4n) is 2.69. The van der Waals surface area contributed by atoms with Crippen LogP contribution in [0.2, 0.25) is 5.54 Å². The van der Waals surface area contributed by atoms with Crippen LogP contribution in [0.4, 0.5) is 0 Å². The van der Waals surface area contributed by atoms with Crippen LogP contribution in [0.15, 0.2) is 10.1 Å². The van der Waals surface area contributed by atoms with Crippen molar-refractivity contribution in [3.8, 4) is 0 Å². The third kappa shape index (κ3) is 2.60. The molecule has 0 aromatic rings. The highest BCUT2D eigenvalue weighted by Gasteiger charge is 2.78. The van der Waals surface area contributed by atoms with E-state index in [2.05, 4.69) is 0 Å². The molecule has 0 N–H and O–H groups in total. The molecular weight excluding hydrogens is 417 g/mol. The van der Waals surface area contributed by atoms with E-state index in [1.54, 1.807) is 0 Å². The van der Waals surface area contributed by atoms with E-state index in [1.165, 1.54) is 0 Å². The first-order valence-corrected chi connectivity index (χ1v) is 9.90. The van der Waals surface area contributed by atoms with Gasteiger partial charge in [-0.2, -0.15) is 0 Å². The summed E-state index contributed by atoms with van der Waals surface area (Å²) in [6, 6.07) is 0. The first-order chi connectivity index (χ1) is 9.66. The normalized spacial score (nSPS) is 37.9. The van der Waals surface area contributed by atoms with Gasteiger partial charge in [-0.25, -0.2) is 0 Å². The number of hydrogen-bond acceptors (Lipinski definition) is 2. The maximum absolute atomic E-state index is 6.71. The Morgan fingerprint density at radius 3 is 2.00 bits per heavy atom. The van der Waals surface area contributed by atoms with Gasteiger partial charge in [0.1, 0.15) is 25.2 Å². The highest BCUT2D eigenvalue weighted by atomic mass is 35.5. The van der Waals surface area contributed by atoms with Crippen LogP contribution in [-0.2, 0) is 9.47 Å². The van der Waals surface area contributed by atoms with Crippen LogP contribution < -0.4 is 0 Å². The molecule has 120 valence electrons. The van der Waals surface area contributed by atoms with Crippen molar-refractivity contribution in [2.24, 2.45) is 0 Å². The lowest BCUT2D eigenvalue weighted by Crippen LogP contribution is -2.45. The highest BCUT2D eigenvalue weighted by Crippen LogP contribution is 2.75. The average molecular weight is 431 g/mol. The van der Waals surface area contributed by atoms with Gasteiger partial charge in [0.25, 0.3) is 0 Å². The maximum Gasteiger partial charge on any atom is 0.166 e. The van der Waals surface area contributed by atoms with Gasteiger partial charge in [0.2, 0.25) is 0 Å². The van der Waals surface area contributed by atoms with Crippen LogP contribution in [0, 0.1) is 0 Å². The Morgan fingerprint density at radius 2 is 1.62 bits per heavy atom. The van der Waals surface area contributed by atoms with Gasteiger partial charge in [-0.15, -0.1) is 23.2 Å². The lowest BCUT2D eigenvalue weighted by molar-refractivity contribution is -0.0835. The lowest BCUT2D eigenvalue weighted by Gasteiger charge is -2.34. The molecule has 3 unspecified atom stereocenters. The van der Waals surface area contributed by atoms with Crippen molar-refractivity contribution in [3.63, 3.8) is 0 Å². The summed E-state index contributed by atoms with van der Waals surface area (Å²) in [5, 5.41) is 0.456. The zero-order valence-corrected chi connectivity index (χ0v) is 16.9. The summed E-state index contributed by atoms with van der Waals surface area (Å²) in [4.78, 5) is -2.39. The molecule has 9 heteroatoms. The van der Waals surface area contributed by atoms with E-state index >= 15 is 0 Å². The Morgan fingerprint density at radius 1 is 1.10 bits per heavy atom. The molecule has 0 spiro atoms. The molecule has 0 aromatic heterocycles. The minimum atomic E-state index is -1.47. The van der Waals surface area contributed by atoms with E-state index in [1.807, 2.05) is 13.8 Å². The first kappa shape index (κ1) is 18.9. The van der Waals surface area contributed by atoms with E-state index in [0.29, 0.717) is 19.6 Å². The topological polar surface area (TPSA) is 18.5 Å². The number of rotatable bonds is 6. The fourth-order valence-corrected chi connectivity index (χ4v) is 7.82. The zero-order valence-electron chi connectivity index (χ0n) is 11.4. The van der Waals surface area contributed by atoms with E-state index < -0.39 is 14.1 Å². The van der Waals surface area contributed by atoms with Gasteiger partial charge in [-0.3, -0.25) is 0 Å². The number of hydrogen-bond donors (Lipinski definition) is 0. The monoisotopic (exact) mass is 428 g/mol. The van der Waals surface area contributed by atoms with Crippen LogP contribution >= 0.6 is 69.6 Å². The summed E-state index contributed by atoms with van der Waals surface area (Å²) >= 11 is 38.7. The van der Waals surface area contributed by atoms with Crippen molar-refractivity contribution < 1.29 is 9.47 Å². The summed E-state index contributed by atoms with van der Waals surface area (Å²) in [5.41, 5.74) is -0.176. The number of ether oxygens (including phenoxy) is 2. The second kappa shape index (κ2) is 6.49. The number of allylic oxidation sites excluding steroid dienone is 2. The zero-order chi connectivity index (χ0) is 16.1. The number of fused-ring (bicyclic) bond motifs is 2. The average Bonchev–Trinajstić information content (AvgIpc) is 2.62. The molecule has 21 heavy (non-hydrogen) atoms. The quantitative estimate of drug-likeness (QED) is 0.332. The molecule has 0 saturated heterocycles. The van der Waals surface area contributed by atoms with Gasteiger partial charge in [0, 0.05) is 13.2 Å². The van der Waals surface area contributed by atoms with Crippen molar-refractivity contribution in [2.75, 3.05) is 13.2 Å². The first-order valence-electron chi connectivity index (χ1n) is 6.47. The Kier molecular flexibility index (Phi) is 5.86. The largest absolute Gasteiger partial charge is 0.357 e. The van der Waals surface area contributed by atoms with Crippen molar-refractivity contribution in [2.45, 2.75) is 45.8 Å². The molecule has 2 rings (SSSR count). The number of halogens is 6. The predicted octanol–water partition coefficient (Wildman–Crippen LogP) is 5.07. The summed E-state index contributed by atoms with van der Waals surface area (Å²) in [6.07, 6.45) is 0.426. The van der Waals surface area contributed by atoms with E-state index in [4.69, 9.17) is 79.1 Å². The van der Waals surface area contributed by atoms with E-state index in [-0.39, 0.29) is 31.0 Å². The van der Waals surface area contributed by atoms with Crippen molar-refractivity contribution in [3.05, 3.63) is 10.1 Å². The molecule has 2 radical (unpaired) electrons. The molecular formula is C12H14Cl6O2Si. The second-order valence-corrected chi connectivity index (χ2v) is 9.71. The molecule has 0 aliphatic heterocycles. The van der Waals surface area contributed by atoms with Gasteiger partial charge in [-0.1, -0.05) is 46.4 Å². The summed E-state index contributed by atoms with van der Waals surface area (Å²) in [7, 11) is 0.195. The summed E-state index contributed by atoms with van der Waals surface area (Å²) in [6.45, 7) is 4.85. The Balaban J connectivity index is 2.29. The Labute approximate surface area is 157 Å². The second-order valence-electron chi connectivity index (χ2n) is 4.88. The highest BCUT2D eigenvalue weighted by molar-refractivity contribution is 6.67. The minimum absolute atomic E-state index is 0.176. The molecule has 1 saturated carbocycles. The van der Waals surface area contributed by atoms with E-state index in [0.717, 1.165) is 0 Å². The predicted molar refractivity (Wildman–Crippen MR) is 91.5 cm³/mol. The van der Waals surface area contributed by atoms with Gasteiger partial charge >= 0.3 is 0 Å². The smallest absolute Gasteiger partial charge is 0.166 e. The van der Waals surface area contributed by atoms with Crippen molar-refractivity contribution in [1.82, 2.24) is 0 Å². The van der Waals surface area contributed by atoms with Gasteiger partial charge < -0.3 is 9.47 Å². The van der Waals surface area contributed by atoms with Gasteiger partial charge in [-0.05, 0) is 25.8 Å². The molecule has 3 atom stereocenters. The molecule has 0 amide bonds. The lowest BCUT2D eigenvalue weighted by atomic mass is 10.1. The summed E-state index contributed by atoms with van der Waals surface area (Å²) in [5.74, 6) is -0.382. The SMILES string of the molecule is CCOC(OCC)[Si]C1CC2(Cl)C(Cl)=C(Cl)C1(Cl)C2(Cl)Cl. The van der Waals surface area contributed by atoms with Gasteiger partial charge in [0.15, 0.2) is 4.33 Å². The van der Waals surface area contributed by atoms with Crippen molar-refractivity contribution >= 4 is 79.1 Å². The standard InChI is InChI=1S/C12H14Cl6O2Si/c1-3-19-9(20-4-2)21-6-5-10(15)7(13)8(14)11(6,16)12(10,17)18/h6,9H,3-5H2,1-2H3.